The van der Waals surface area contributed by atoms with Crippen molar-refractivity contribution in [3.63, 3.8) is 0 Å². The molecule has 18 heavy (non-hydrogen) atoms. The van der Waals surface area contributed by atoms with Crippen LogP contribution >= 0.6 is 23.5 Å². The Morgan fingerprint density at radius 1 is 1.39 bits per heavy atom. The van der Waals surface area contributed by atoms with Crippen molar-refractivity contribution in [3.05, 3.63) is 0 Å². The van der Waals surface area contributed by atoms with Crippen LogP contribution in [0.15, 0.2) is 0 Å². The van der Waals surface area contributed by atoms with Crippen molar-refractivity contribution in [1.82, 2.24) is 4.90 Å². The van der Waals surface area contributed by atoms with Gasteiger partial charge in [-0.25, -0.2) is 0 Å². The van der Waals surface area contributed by atoms with Gasteiger partial charge in [0, 0.05) is 23.8 Å². The van der Waals surface area contributed by atoms with E-state index < -0.39 is 12.7 Å². The van der Waals surface area contributed by atoms with Gasteiger partial charge in [0.2, 0.25) is 5.91 Å². The molecule has 1 heterocycles. The molecule has 0 radical (unpaired) electrons. The second kappa shape index (κ2) is 6.93. The average molecular weight is 301 g/mol. The number of carbonyl (C=O) groups excluding carboxylic acids is 1. The Hall–Kier alpha value is -0.0400. The van der Waals surface area contributed by atoms with Crippen LogP contribution in [0.4, 0.5) is 13.2 Å². The van der Waals surface area contributed by atoms with Gasteiger partial charge in [0.05, 0.1) is 5.25 Å². The number of amides is 1. The molecule has 0 spiro atoms. The number of carbonyl (C=O) groups is 1. The van der Waals surface area contributed by atoms with Crippen molar-refractivity contribution in [2.24, 2.45) is 5.92 Å². The summed E-state index contributed by atoms with van der Waals surface area (Å²) >= 11 is 3.11. The van der Waals surface area contributed by atoms with Gasteiger partial charge in [-0.15, -0.1) is 11.8 Å². The van der Waals surface area contributed by atoms with Crippen LogP contribution in [-0.2, 0) is 4.79 Å². The largest absolute Gasteiger partial charge is 0.406 e. The molecule has 0 aromatic carbocycles. The third-order valence-electron chi connectivity index (χ3n) is 2.36. The van der Waals surface area contributed by atoms with Crippen LogP contribution < -0.4 is 0 Å². The van der Waals surface area contributed by atoms with E-state index in [2.05, 4.69) is 0 Å². The van der Waals surface area contributed by atoms with E-state index in [1.165, 1.54) is 11.8 Å². The van der Waals surface area contributed by atoms with Crippen LogP contribution in [0.2, 0.25) is 0 Å². The van der Waals surface area contributed by atoms with E-state index in [0.29, 0.717) is 5.75 Å². The van der Waals surface area contributed by atoms with E-state index in [4.69, 9.17) is 0 Å². The first-order valence-electron chi connectivity index (χ1n) is 5.84. The lowest BCUT2D eigenvalue weighted by Gasteiger charge is -2.30. The lowest BCUT2D eigenvalue weighted by atomic mass is 10.2. The zero-order chi connectivity index (χ0) is 13.8. The van der Waals surface area contributed by atoms with E-state index in [0.717, 1.165) is 16.4 Å². The normalized spacial score (nSPS) is 21.1. The average Bonchev–Trinajstić information content (AvgIpc) is 2.26. The number of hydrogen-bond acceptors (Lipinski definition) is 3. The lowest BCUT2D eigenvalue weighted by molar-refractivity contribution is -0.161. The number of nitrogens with zero attached hydrogens (tertiary/aromatic N) is 1. The Morgan fingerprint density at radius 3 is 2.50 bits per heavy atom. The summed E-state index contributed by atoms with van der Waals surface area (Å²) in [4.78, 5) is 13.1. The quantitative estimate of drug-likeness (QED) is 0.796. The molecule has 1 amide bonds. The minimum atomic E-state index is -4.32. The van der Waals surface area contributed by atoms with Gasteiger partial charge in [-0.3, -0.25) is 4.79 Å². The molecule has 2 nitrogen and oxygen atoms in total. The van der Waals surface area contributed by atoms with Crippen molar-refractivity contribution in [1.29, 1.82) is 0 Å². The van der Waals surface area contributed by atoms with Crippen LogP contribution in [0.1, 0.15) is 13.8 Å². The van der Waals surface area contributed by atoms with Crippen molar-refractivity contribution in [2.75, 3.05) is 30.3 Å². The SMILES string of the molecule is CC(C)CN(CC(F)(F)F)C(=O)C1CSCCS1. The number of alkyl halides is 3. The summed E-state index contributed by atoms with van der Waals surface area (Å²) in [5.74, 6) is 2.10. The molecule has 1 aliphatic heterocycles. The van der Waals surface area contributed by atoms with Crippen molar-refractivity contribution in [2.45, 2.75) is 25.3 Å². The van der Waals surface area contributed by atoms with Crippen molar-refractivity contribution >= 4 is 29.4 Å². The Kier molecular flexibility index (Phi) is 6.17. The smallest absolute Gasteiger partial charge is 0.332 e. The first-order chi connectivity index (χ1) is 8.29. The number of halogens is 3. The van der Waals surface area contributed by atoms with Crippen molar-refractivity contribution < 1.29 is 18.0 Å². The molecule has 1 unspecified atom stereocenters. The summed E-state index contributed by atoms with van der Waals surface area (Å²) in [5, 5.41) is -0.315. The van der Waals surface area contributed by atoms with Crippen LogP contribution in [0.5, 0.6) is 0 Å². The van der Waals surface area contributed by atoms with Crippen LogP contribution in [-0.4, -0.2) is 52.6 Å². The van der Waals surface area contributed by atoms with E-state index in [9.17, 15) is 18.0 Å². The van der Waals surface area contributed by atoms with Gasteiger partial charge in [-0.2, -0.15) is 24.9 Å². The molecular weight excluding hydrogens is 283 g/mol. The van der Waals surface area contributed by atoms with Gasteiger partial charge in [-0.1, -0.05) is 13.8 Å². The molecule has 7 heteroatoms. The van der Waals surface area contributed by atoms with Gasteiger partial charge in [-0.05, 0) is 5.92 Å². The number of thioether (sulfide) groups is 2. The monoisotopic (exact) mass is 301 g/mol. The number of hydrogen-bond donors (Lipinski definition) is 0. The summed E-state index contributed by atoms with van der Waals surface area (Å²) in [5.41, 5.74) is 0. The zero-order valence-corrected chi connectivity index (χ0v) is 12.1. The highest BCUT2D eigenvalue weighted by Crippen LogP contribution is 2.27. The molecule has 0 bridgehead atoms. The van der Waals surface area contributed by atoms with E-state index in [-0.39, 0.29) is 23.6 Å². The topological polar surface area (TPSA) is 20.3 Å². The van der Waals surface area contributed by atoms with Crippen LogP contribution in [0, 0.1) is 5.92 Å². The molecule has 106 valence electrons. The molecule has 1 saturated heterocycles. The van der Waals surface area contributed by atoms with Crippen LogP contribution in [0.3, 0.4) is 0 Å². The fraction of sp³-hybridized carbons (Fsp3) is 0.909. The second-order valence-electron chi connectivity index (χ2n) is 4.66. The highest BCUT2D eigenvalue weighted by atomic mass is 32.2. The molecule has 1 aliphatic rings. The van der Waals surface area contributed by atoms with Gasteiger partial charge < -0.3 is 4.90 Å². The van der Waals surface area contributed by atoms with E-state index in [1.807, 2.05) is 13.8 Å². The fourth-order valence-electron chi connectivity index (χ4n) is 1.72. The predicted octanol–water partition coefficient (Wildman–Crippen LogP) is 2.88. The highest BCUT2D eigenvalue weighted by Gasteiger charge is 2.36. The Morgan fingerprint density at radius 2 is 2.06 bits per heavy atom. The summed E-state index contributed by atoms with van der Waals surface area (Å²) < 4.78 is 37.4. The first kappa shape index (κ1) is 16.0. The third-order valence-corrected chi connectivity index (χ3v) is 5.10. The molecule has 0 aromatic heterocycles. The lowest BCUT2D eigenvalue weighted by Crippen LogP contribution is -2.46. The molecule has 1 fully saturated rings. The minimum Gasteiger partial charge on any atom is -0.332 e. The van der Waals surface area contributed by atoms with Gasteiger partial charge in [0.15, 0.2) is 0 Å². The summed E-state index contributed by atoms with van der Waals surface area (Å²) in [6, 6.07) is 0. The third kappa shape index (κ3) is 5.73. The Bertz CT molecular complexity index is 278. The van der Waals surface area contributed by atoms with E-state index in [1.54, 1.807) is 11.8 Å². The minimum absolute atomic E-state index is 0.0394. The molecular formula is C11H18F3NOS2. The Balaban J connectivity index is 2.65. The summed E-state index contributed by atoms with van der Waals surface area (Å²) in [6.07, 6.45) is -4.32. The highest BCUT2D eigenvalue weighted by molar-refractivity contribution is 8.07. The molecule has 1 atom stereocenters. The summed E-state index contributed by atoms with van der Waals surface area (Å²) in [7, 11) is 0. The second-order valence-corrected chi connectivity index (χ2v) is 7.12. The maximum absolute atomic E-state index is 12.5. The molecule has 0 N–H and O–H groups in total. The maximum atomic E-state index is 12.5. The predicted molar refractivity (Wildman–Crippen MR) is 71.0 cm³/mol. The van der Waals surface area contributed by atoms with Gasteiger partial charge in [0.1, 0.15) is 6.54 Å². The molecule has 0 aliphatic carbocycles. The molecule has 1 rings (SSSR count). The molecule has 0 saturated carbocycles. The van der Waals surface area contributed by atoms with Gasteiger partial charge >= 0.3 is 6.18 Å². The Labute approximate surface area is 114 Å². The maximum Gasteiger partial charge on any atom is 0.406 e. The first-order valence-corrected chi connectivity index (χ1v) is 8.05. The van der Waals surface area contributed by atoms with Gasteiger partial charge in [0.25, 0.3) is 0 Å². The number of rotatable bonds is 4. The standard InChI is InChI=1S/C11H18F3NOS2/c1-8(2)5-15(7-11(12,13)14)10(16)9-6-17-3-4-18-9/h8-9H,3-7H2,1-2H3. The zero-order valence-electron chi connectivity index (χ0n) is 10.5. The fourth-order valence-corrected chi connectivity index (χ4v) is 4.35. The van der Waals surface area contributed by atoms with Crippen LogP contribution in [0.25, 0.3) is 0 Å². The van der Waals surface area contributed by atoms with E-state index >= 15 is 0 Å². The summed E-state index contributed by atoms with van der Waals surface area (Å²) in [6.45, 7) is 2.67. The van der Waals surface area contributed by atoms with Crippen molar-refractivity contribution in [3.8, 4) is 0 Å². The molecule has 0 aromatic rings.